The summed E-state index contributed by atoms with van der Waals surface area (Å²) >= 11 is 11.6. The highest BCUT2D eigenvalue weighted by Crippen LogP contribution is 2.29. The maximum atomic E-state index is 12.8. The van der Waals surface area contributed by atoms with Crippen molar-refractivity contribution in [3.63, 3.8) is 0 Å². The normalized spacial score (nSPS) is 24.2. The fraction of sp³-hybridized carbons (Fsp3) is 0.500. The number of aliphatic hydroxyl groups excluding tert-OH is 1. The van der Waals surface area contributed by atoms with Gasteiger partial charge in [0.15, 0.2) is 9.84 Å². The summed E-state index contributed by atoms with van der Waals surface area (Å²) in [6.07, 6.45) is -1.30. The standard InChI is InChI=1S/C12H16Cl2N2O5S2/c13-9-2-1-8(5-10(9)14)23(20,21)16(4-3-15)11-6-22(18,19)7-12(11)17/h1-2,5,11-12,17H,3-4,6-7,15H2/t11-,12-/m0/s1. The van der Waals surface area contributed by atoms with Crippen LogP contribution in [0.5, 0.6) is 0 Å². The van der Waals surface area contributed by atoms with Gasteiger partial charge >= 0.3 is 0 Å². The molecule has 11 heteroatoms. The van der Waals surface area contributed by atoms with E-state index in [1.54, 1.807) is 0 Å². The number of nitrogens with zero attached hydrogens (tertiary/aromatic N) is 1. The van der Waals surface area contributed by atoms with Crippen LogP contribution in [0.4, 0.5) is 0 Å². The molecule has 0 aromatic heterocycles. The van der Waals surface area contributed by atoms with Crippen LogP contribution in [0.3, 0.4) is 0 Å². The van der Waals surface area contributed by atoms with Crippen LogP contribution in [-0.2, 0) is 19.9 Å². The molecule has 1 aromatic rings. The van der Waals surface area contributed by atoms with Gasteiger partial charge < -0.3 is 10.8 Å². The van der Waals surface area contributed by atoms with Gasteiger partial charge in [0.1, 0.15) is 0 Å². The second-order valence-electron chi connectivity index (χ2n) is 5.19. The van der Waals surface area contributed by atoms with Gasteiger partial charge in [0.05, 0.1) is 38.6 Å². The topological polar surface area (TPSA) is 118 Å². The Kier molecular flexibility index (Phi) is 5.62. The summed E-state index contributed by atoms with van der Waals surface area (Å²) in [6, 6.07) is 2.70. The molecule has 23 heavy (non-hydrogen) atoms. The first-order valence-corrected chi connectivity index (χ1v) is 10.7. The number of hydrogen-bond acceptors (Lipinski definition) is 6. The second-order valence-corrected chi connectivity index (χ2v) is 10.1. The maximum absolute atomic E-state index is 12.8. The molecule has 1 fully saturated rings. The lowest BCUT2D eigenvalue weighted by Gasteiger charge is -2.29. The molecule has 0 aliphatic carbocycles. The number of hydrogen-bond donors (Lipinski definition) is 2. The van der Waals surface area contributed by atoms with Crippen molar-refractivity contribution in [1.82, 2.24) is 4.31 Å². The minimum absolute atomic E-state index is 0.0240. The summed E-state index contributed by atoms with van der Waals surface area (Å²) < 4.78 is 49.8. The molecule has 1 aliphatic rings. The first-order chi connectivity index (χ1) is 10.6. The zero-order chi connectivity index (χ0) is 17.4. The molecule has 1 heterocycles. The Morgan fingerprint density at radius 1 is 1.26 bits per heavy atom. The van der Waals surface area contributed by atoms with Crippen molar-refractivity contribution >= 4 is 43.1 Å². The Bertz CT molecular complexity index is 798. The highest BCUT2D eigenvalue weighted by atomic mass is 35.5. The van der Waals surface area contributed by atoms with E-state index in [-0.39, 0.29) is 28.0 Å². The number of benzene rings is 1. The summed E-state index contributed by atoms with van der Waals surface area (Å²) in [7, 11) is -7.59. The van der Waals surface area contributed by atoms with Crippen molar-refractivity contribution in [2.45, 2.75) is 17.0 Å². The van der Waals surface area contributed by atoms with Crippen molar-refractivity contribution in [2.75, 3.05) is 24.6 Å². The Hall–Kier alpha value is -0.420. The molecule has 0 radical (unpaired) electrons. The van der Waals surface area contributed by atoms with Crippen LogP contribution in [0, 0.1) is 0 Å². The molecule has 0 saturated carbocycles. The number of rotatable bonds is 5. The minimum Gasteiger partial charge on any atom is -0.390 e. The first kappa shape index (κ1) is 18.9. The van der Waals surface area contributed by atoms with E-state index in [1.165, 1.54) is 18.2 Å². The molecule has 7 nitrogen and oxygen atoms in total. The Labute approximate surface area is 145 Å². The third-order valence-electron chi connectivity index (χ3n) is 3.51. The summed E-state index contributed by atoms with van der Waals surface area (Å²) in [4.78, 5) is -0.142. The van der Waals surface area contributed by atoms with Gasteiger partial charge in [-0.15, -0.1) is 0 Å². The third kappa shape index (κ3) is 3.98. The van der Waals surface area contributed by atoms with Crippen molar-refractivity contribution in [3.8, 4) is 0 Å². The van der Waals surface area contributed by atoms with Gasteiger partial charge in [-0.05, 0) is 18.2 Å². The van der Waals surface area contributed by atoms with Crippen LogP contribution in [0.2, 0.25) is 10.0 Å². The molecule has 2 rings (SSSR count). The largest absolute Gasteiger partial charge is 0.390 e. The quantitative estimate of drug-likeness (QED) is 0.720. The third-order valence-corrected chi connectivity index (χ3v) is 7.87. The SMILES string of the molecule is NCCN([C@H]1CS(=O)(=O)C[C@@H]1O)S(=O)(=O)c1ccc(Cl)c(Cl)c1. The molecule has 0 spiro atoms. The van der Waals surface area contributed by atoms with E-state index in [9.17, 15) is 21.9 Å². The average molecular weight is 403 g/mol. The van der Waals surface area contributed by atoms with E-state index in [4.69, 9.17) is 28.9 Å². The predicted molar refractivity (Wildman–Crippen MR) is 87.9 cm³/mol. The Balaban J connectivity index is 2.45. The second kappa shape index (κ2) is 6.83. The number of sulfone groups is 1. The van der Waals surface area contributed by atoms with Crippen molar-refractivity contribution < 1.29 is 21.9 Å². The summed E-state index contributed by atoms with van der Waals surface area (Å²) in [5, 5.41) is 10.2. The smallest absolute Gasteiger partial charge is 0.243 e. The van der Waals surface area contributed by atoms with Crippen molar-refractivity contribution in [3.05, 3.63) is 28.2 Å². The average Bonchev–Trinajstić information content (AvgIpc) is 2.71. The van der Waals surface area contributed by atoms with Crippen LogP contribution in [0.25, 0.3) is 0 Å². The predicted octanol–water partition coefficient (Wildman–Crippen LogP) is 0.101. The molecular formula is C12H16Cl2N2O5S2. The summed E-state index contributed by atoms with van der Waals surface area (Å²) in [5.74, 6) is -0.926. The van der Waals surface area contributed by atoms with E-state index in [0.717, 1.165) is 4.31 Å². The first-order valence-electron chi connectivity index (χ1n) is 6.64. The van der Waals surface area contributed by atoms with E-state index in [1.807, 2.05) is 0 Å². The molecular weight excluding hydrogens is 387 g/mol. The fourth-order valence-electron chi connectivity index (χ4n) is 2.45. The van der Waals surface area contributed by atoms with Gasteiger partial charge in [-0.2, -0.15) is 4.31 Å². The summed E-state index contributed by atoms with van der Waals surface area (Å²) in [6.45, 7) is -0.149. The molecule has 0 amide bonds. The van der Waals surface area contributed by atoms with Crippen LogP contribution < -0.4 is 5.73 Å². The molecule has 1 aromatic carbocycles. The Morgan fingerprint density at radius 2 is 1.91 bits per heavy atom. The van der Waals surface area contributed by atoms with Crippen molar-refractivity contribution in [2.24, 2.45) is 5.73 Å². The number of aliphatic hydroxyl groups is 1. The van der Waals surface area contributed by atoms with Gasteiger partial charge in [0.25, 0.3) is 0 Å². The molecule has 1 aliphatic heterocycles. The van der Waals surface area contributed by atoms with Crippen LogP contribution in [-0.4, -0.2) is 63.0 Å². The van der Waals surface area contributed by atoms with Gasteiger partial charge in [0.2, 0.25) is 10.0 Å². The lowest BCUT2D eigenvalue weighted by molar-refractivity contribution is 0.129. The number of halogens is 2. The lowest BCUT2D eigenvalue weighted by atomic mass is 10.2. The van der Waals surface area contributed by atoms with Crippen LogP contribution in [0.15, 0.2) is 23.1 Å². The molecule has 1 saturated heterocycles. The number of nitrogens with two attached hydrogens (primary N) is 1. The monoisotopic (exact) mass is 402 g/mol. The number of sulfonamides is 1. The molecule has 0 bridgehead atoms. The van der Waals surface area contributed by atoms with E-state index in [0.29, 0.717) is 0 Å². The zero-order valence-corrected chi connectivity index (χ0v) is 15.0. The molecule has 3 N–H and O–H groups in total. The van der Waals surface area contributed by atoms with Gasteiger partial charge in [-0.1, -0.05) is 23.2 Å². The highest BCUT2D eigenvalue weighted by Gasteiger charge is 2.44. The Morgan fingerprint density at radius 3 is 2.39 bits per heavy atom. The lowest BCUT2D eigenvalue weighted by Crippen LogP contribution is -2.48. The van der Waals surface area contributed by atoms with Gasteiger partial charge in [-0.25, -0.2) is 16.8 Å². The molecule has 130 valence electrons. The fourth-order valence-corrected chi connectivity index (χ4v) is 6.40. The van der Waals surface area contributed by atoms with Gasteiger partial charge in [-0.3, -0.25) is 0 Å². The summed E-state index contributed by atoms with van der Waals surface area (Å²) in [5.41, 5.74) is 5.45. The van der Waals surface area contributed by atoms with E-state index >= 15 is 0 Å². The molecule has 2 atom stereocenters. The van der Waals surface area contributed by atoms with Crippen LogP contribution >= 0.6 is 23.2 Å². The molecule has 0 unspecified atom stereocenters. The highest BCUT2D eigenvalue weighted by molar-refractivity contribution is 7.92. The van der Waals surface area contributed by atoms with Crippen LogP contribution in [0.1, 0.15) is 0 Å². The minimum atomic E-state index is -4.08. The van der Waals surface area contributed by atoms with E-state index in [2.05, 4.69) is 0 Å². The van der Waals surface area contributed by atoms with E-state index < -0.39 is 43.5 Å². The zero-order valence-electron chi connectivity index (χ0n) is 11.9. The maximum Gasteiger partial charge on any atom is 0.243 e. The van der Waals surface area contributed by atoms with Gasteiger partial charge in [0, 0.05) is 13.1 Å². The van der Waals surface area contributed by atoms with Crippen molar-refractivity contribution in [1.29, 1.82) is 0 Å².